The molecule has 31 heavy (non-hydrogen) atoms. The SMILES string of the molecule is CN1CCN(CC(=O)N(c2ccccc2)c2cccc(CC(=O)n3ccnc3)c2)CC1. The molecule has 2 aromatic carbocycles. The standard InChI is InChI=1S/C24H27N5O2/c1-26-12-14-27(15-13-26)18-24(31)29(21-7-3-2-4-8-21)22-9-5-6-20(16-22)17-23(30)28-11-10-25-19-28/h2-11,16,19H,12-15,17-18H2,1H3. The summed E-state index contributed by atoms with van der Waals surface area (Å²) in [7, 11) is 2.10. The lowest BCUT2D eigenvalue weighted by Crippen LogP contribution is -2.48. The maximum atomic E-state index is 13.4. The summed E-state index contributed by atoms with van der Waals surface area (Å²) in [5, 5.41) is 0. The molecule has 0 bridgehead atoms. The molecule has 0 spiro atoms. The van der Waals surface area contributed by atoms with Gasteiger partial charge in [0, 0.05) is 49.9 Å². The van der Waals surface area contributed by atoms with Crippen LogP contribution in [0.15, 0.2) is 73.3 Å². The molecular formula is C24H27N5O2. The molecule has 0 aliphatic carbocycles. The average Bonchev–Trinajstić information content (AvgIpc) is 3.32. The van der Waals surface area contributed by atoms with Gasteiger partial charge < -0.3 is 4.90 Å². The molecule has 0 radical (unpaired) electrons. The van der Waals surface area contributed by atoms with Gasteiger partial charge in [0.2, 0.25) is 11.8 Å². The number of hydrogen-bond acceptors (Lipinski definition) is 5. The first-order valence-corrected chi connectivity index (χ1v) is 10.5. The van der Waals surface area contributed by atoms with Crippen LogP contribution in [0.3, 0.4) is 0 Å². The summed E-state index contributed by atoms with van der Waals surface area (Å²) in [5.41, 5.74) is 2.44. The number of nitrogens with zero attached hydrogens (tertiary/aromatic N) is 5. The number of aromatic nitrogens is 2. The minimum Gasteiger partial charge on any atom is -0.304 e. The second kappa shape index (κ2) is 9.68. The van der Waals surface area contributed by atoms with Crippen LogP contribution >= 0.6 is 0 Å². The second-order valence-electron chi connectivity index (χ2n) is 7.85. The molecule has 4 rings (SSSR count). The van der Waals surface area contributed by atoms with Crippen LogP contribution in [0.2, 0.25) is 0 Å². The van der Waals surface area contributed by atoms with E-state index in [0.29, 0.717) is 6.54 Å². The number of amides is 1. The Morgan fingerprint density at radius 1 is 0.968 bits per heavy atom. The van der Waals surface area contributed by atoms with Crippen LogP contribution in [0.1, 0.15) is 10.4 Å². The van der Waals surface area contributed by atoms with E-state index in [1.165, 1.54) is 10.9 Å². The third-order valence-corrected chi connectivity index (χ3v) is 5.54. The number of para-hydroxylation sites is 1. The van der Waals surface area contributed by atoms with Gasteiger partial charge in [0.25, 0.3) is 0 Å². The summed E-state index contributed by atoms with van der Waals surface area (Å²) in [6, 6.07) is 17.3. The Labute approximate surface area is 182 Å². The topological polar surface area (TPSA) is 61.7 Å². The van der Waals surface area contributed by atoms with E-state index in [1.807, 2.05) is 54.6 Å². The summed E-state index contributed by atoms with van der Waals surface area (Å²) in [5.74, 6) is -0.0430. The smallest absolute Gasteiger partial charge is 0.245 e. The summed E-state index contributed by atoms with van der Waals surface area (Å²) < 4.78 is 1.47. The lowest BCUT2D eigenvalue weighted by molar-refractivity contribution is -0.119. The number of hydrogen-bond donors (Lipinski definition) is 0. The van der Waals surface area contributed by atoms with E-state index in [4.69, 9.17) is 0 Å². The molecule has 160 valence electrons. The van der Waals surface area contributed by atoms with Crippen molar-refractivity contribution in [2.75, 3.05) is 44.7 Å². The summed E-state index contributed by atoms with van der Waals surface area (Å²) in [4.78, 5) is 36.0. The highest BCUT2D eigenvalue weighted by Gasteiger charge is 2.23. The maximum absolute atomic E-state index is 13.4. The minimum atomic E-state index is -0.0651. The van der Waals surface area contributed by atoms with Crippen molar-refractivity contribution in [3.63, 3.8) is 0 Å². The fourth-order valence-electron chi connectivity index (χ4n) is 3.76. The van der Waals surface area contributed by atoms with Crippen molar-refractivity contribution in [1.82, 2.24) is 19.4 Å². The molecule has 2 heterocycles. The van der Waals surface area contributed by atoms with Gasteiger partial charge in [0.1, 0.15) is 6.33 Å². The van der Waals surface area contributed by atoms with E-state index in [1.54, 1.807) is 17.3 Å². The number of carbonyl (C=O) groups excluding carboxylic acids is 2. The first-order chi connectivity index (χ1) is 15.1. The third kappa shape index (κ3) is 5.25. The molecule has 0 unspecified atom stereocenters. The van der Waals surface area contributed by atoms with Gasteiger partial charge in [-0.2, -0.15) is 0 Å². The van der Waals surface area contributed by atoms with Crippen LogP contribution in [-0.4, -0.2) is 70.9 Å². The van der Waals surface area contributed by atoms with E-state index < -0.39 is 0 Å². The first-order valence-electron chi connectivity index (χ1n) is 10.5. The van der Waals surface area contributed by atoms with Gasteiger partial charge in [-0.15, -0.1) is 0 Å². The largest absolute Gasteiger partial charge is 0.304 e. The Balaban J connectivity index is 1.57. The zero-order valence-electron chi connectivity index (χ0n) is 17.7. The van der Waals surface area contributed by atoms with Crippen LogP contribution < -0.4 is 4.90 Å². The van der Waals surface area contributed by atoms with Gasteiger partial charge in [0.05, 0.1) is 13.0 Å². The summed E-state index contributed by atoms with van der Waals surface area (Å²) >= 11 is 0. The average molecular weight is 418 g/mol. The molecule has 1 amide bonds. The van der Waals surface area contributed by atoms with Crippen molar-refractivity contribution >= 4 is 23.2 Å². The molecule has 3 aromatic rings. The van der Waals surface area contributed by atoms with Gasteiger partial charge in [-0.25, -0.2) is 4.98 Å². The molecule has 1 aliphatic heterocycles. The molecule has 0 atom stereocenters. The Hall–Kier alpha value is -3.29. The number of likely N-dealkylation sites (N-methyl/N-ethyl adjacent to an activating group) is 1. The van der Waals surface area contributed by atoms with Crippen LogP contribution in [0.5, 0.6) is 0 Å². The minimum absolute atomic E-state index is 0.0221. The zero-order chi connectivity index (χ0) is 21.6. The lowest BCUT2D eigenvalue weighted by Gasteiger charge is -2.33. The highest BCUT2D eigenvalue weighted by molar-refractivity contribution is 6.01. The van der Waals surface area contributed by atoms with Crippen LogP contribution in [0.25, 0.3) is 0 Å². The van der Waals surface area contributed by atoms with Gasteiger partial charge in [0.15, 0.2) is 0 Å². The molecule has 7 heteroatoms. The molecule has 1 saturated heterocycles. The van der Waals surface area contributed by atoms with E-state index in [0.717, 1.165) is 43.1 Å². The molecule has 0 N–H and O–H groups in total. The van der Waals surface area contributed by atoms with Crippen LogP contribution in [-0.2, 0) is 11.2 Å². The number of rotatable bonds is 6. The fraction of sp³-hybridized carbons (Fsp3) is 0.292. The normalized spacial score (nSPS) is 15.0. The first kappa shape index (κ1) is 21.0. The number of imidazole rings is 1. The van der Waals surface area contributed by atoms with E-state index in [-0.39, 0.29) is 18.2 Å². The second-order valence-corrected chi connectivity index (χ2v) is 7.85. The molecule has 1 fully saturated rings. The molecule has 0 saturated carbocycles. The van der Waals surface area contributed by atoms with Crippen molar-refractivity contribution in [1.29, 1.82) is 0 Å². The van der Waals surface area contributed by atoms with E-state index in [9.17, 15) is 9.59 Å². The van der Waals surface area contributed by atoms with Gasteiger partial charge in [-0.3, -0.25) is 24.0 Å². The summed E-state index contributed by atoms with van der Waals surface area (Å²) in [6.45, 7) is 4.05. The molecular weight excluding hydrogens is 390 g/mol. The monoisotopic (exact) mass is 417 g/mol. The fourth-order valence-corrected chi connectivity index (χ4v) is 3.76. The van der Waals surface area contributed by atoms with Crippen LogP contribution in [0, 0.1) is 0 Å². The summed E-state index contributed by atoms with van der Waals surface area (Å²) in [6.07, 6.45) is 4.96. The van der Waals surface area contributed by atoms with Crippen molar-refractivity contribution in [2.24, 2.45) is 0 Å². The van der Waals surface area contributed by atoms with Crippen LogP contribution in [0.4, 0.5) is 11.4 Å². The predicted molar refractivity (Wildman–Crippen MR) is 121 cm³/mol. The Morgan fingerprint density at radius 2 is 1.71 bits per heavy atom. The van der Waals surface area contributed by atoms with Gasteiger partial charge in [-0.1, -0.05) is 30.3 Å². The Kier molecular flexibility index (Phi) is 6.54. The number of benzene rings is 2. The van der Waals surface area contributed by atoms with E-state index >= 15 is 0 Å². The Bertz CT molecular complexity index is 1010. The van der Waals surface area contributed by atoms with Gasteiger partial charge in [-0.05, 0) is 36.9 Å². The number of anilines is 2. The predicted octanol–water partition coefficient (Wildman–Crippen LogP) is 2.68. The van der Waals surface area contributed by atoms with Crippen molar-refractivity contribution < 1.29 is 9.59 Å². The lowest BCUT2D eigenvalue weighted by atomic mass is 10.1. The third-order valence-electron chi connectivity index (χ3n) is 5.54. The quantitative estimate of drug-likeness (QED) is 0.617. The molecule has 1 aliphatic rings. The highest BCUT2D eigenvalue weighted by atomic mass is 16.2. The molecule has 7 nitrogen and oxygen atoms in total. The van der Waals surface area contributed by atoms with Gasteiger partial charge >= 0.3 is 0 Å². The maximum Gasteiger partial charge on any atom is 0.245 e. The molecule has 1 aromatic heterocycles. The number of piperazine rings is 1. The van der Waals surface area contributed by atoms with Crippen molar-refractivity contribution in [2.45, 2.75) is 6.42 Å². The zero-order valence-corrected chi connectivity index (χ0v) is 17.7. The number of carbonyl (C=O) groups is 2. The van der Waals surface area contributed by atoms with Crippen molar-refractivity contribution in [3.8, 4) is 0 Å². The Morgan fingerprint density at radius 3 is 2.42 bits per heavy atom. The van der Waals surface area contributed by atoms with Crippen molar-refractivity contribution in [3.05, 3.63) is 78.9 Å². The highest BCUT2D eigenvalue weighted by Crippen LogP contribution is 2.27. The van der Waals surface area contributed by atoms with E-state index in [2.05, 4.69) is 21.8 Å².